The second-order valence-corrected chi connectivity index (χ2v) is 11.7. The van der Waals surface area contributed by atoms with Gasteiger partial charge < -0.3 is 35.1 Å². The van der Waals surface area contributed by atoms with Gasteiger partial charge in [-0.25, -0.2) is 9.59 Å². The van der Waals surface area contributed by atoms with E-state index in [-0.39, 0.29) is 22.5 Å². The van der Waals surface area contributed by atoms with Crippen molar-refractivity contribution in [3.63, 3.8) is 0 Å². The molecule has 1 aromatic heterocycles. The SMILES string of the molecule is COc1cc(N)c(Cl)cc1C(=O)OCC1CCN(C[C@H](Cc2c[nH]c3ccccc23)NC(=O)OC(C)(C)C)CC1. The number of benzene rings is 2. The Bertz CT molecular complexity index is 1330. The number of carbonyl (C=O) groups excluding carboxylic acids is 2. The van der Waals surface area contributed by atoms with Gasteiger partial charge in [-0.2, -0.15) is 0 Å². The first-order valence-electron chi connectivity index (χ1n) is 13.6. The minimum absolute atomic E-state index is 0.133. The molecule has 0 saturated carbocycles. The van der Waals surface area contributed by atoms with Crippen LogP contribution in [0.1, 0.15) is 49.5 Å². The number of aromatic nitrogens is 1. The predicted molar refractivity (Wildman–Crippen MR) is 157 cm³/mol. The molecule has 2 heterocycles. The number of anilines is 1. The standard InChI is InChI=1S/C30H39ClN4O5/c1-30(2,3)40-29(37)34-21(13-20-16-33-26-8-6-5-7-22(20)26)17-35-11-9-19(10-12-35)18-39-28(36)23-14-24(31)25(32)15-27(23)38-4/h5-8,14-16,19,21,33H,9-13,17-18,32H2,1-4H3,(H,34,37)/t21-/m0/s1. The summed E-state index contributed by atoms with van der Waals surface area (Å²) in [5.74, 6) is 0.0864. The Morgan fingerprint density at radius 2 is 1.93 bits per heavy atom. The van der Waals surface area contributed by atoms with Crippen LogP contribution in [-0.4, -0.2) is 66.9 Å². The van der Waals surface area contributed by atoms with Crippen molar-refractivity contribution in [2.45, 2.75) is 51.7 Å². The molecule has 1 saturated heterocycles. The molecule has 1 aliphatic rings. The number of esters is 1. The number of methoxy groups -OCH3 is 1. The molecule has 4 rings (SSSR count). The topological polar surface area (TPSA) is 119 Å². The number of carbonyl (C=O) groups is 2. The number of ether oxygens (including phenoxy) is 3. The van der Waals surface area contributed by atoms with Gasteiger partial charge >= 0.3 is 12.1 Å². The molecular weight excluding hydrogens is 532 g/mol. The first kappa shape index (κ1) is 29.6. The van der Waals surface area contributed by atoms with Crippen LogP contribution in [-0.2, 0) is 15.9 Å². The number of para-hydroxylation sites is 1. The second kappa shape index (κ2) is 12.8. The minimum Gasteiger partial charge on any atom is -0.496 e. The molecule has 216 valence electrons. The molecule has 0 radical (unpaired) electrons. The number of rotatable bonds is 9. The average molecular weight is 571 g/mol. The minimum atomic E-state index is -0.576. The van der Waals surface area contributed by atoms with Crippen LogP contribution in [0.2, 0.25) is 5.02 Å². The summed E-state index contributed by atoms with van der Waals surface area (Å²) in [7, 11) is 1.47. The van der Waals surface area contributed by atoms with E-state index in [0.717, 1.165) is 42.4 Å². The van der Waals surface area contributed by atoms with Gasteiger partial charge in [-0.15, -0.1) is 0 Å². The summed E-state index contributed by atoms with van der Waals surface area (Å²) in [6.07, 6.45) is 4.01. The van der Waals surface area contributed by atoms with E-state index in [9.17, 15) is 9.59 Å². The highest BCUT2D eigenvalue weighted by Crippen LogP contribution is 2.30. The third-order valence-electron chi connectivity index (χ3n) is 7.04. The van der Waals surface area contributed by atoms with Crippen LogP contribution in [0, 0.1) is 5.92 Å². The molecule has 0 unspecified atom stereocenters. The van der Waals surface area contributed by atoms with Gasteiger partial charge in [-0.1, -0.05) is 29.8 Å². The predicted octanol–water partition coefficient (Wildman–Crippen LogP) is 5.42. The van der Waals surface area contributed by atoms with Crippen LogP contribution in [0.3, 0.4) is 0 Å². The monoisotopic (exact) mass is 570 g/mol. The quantitative estimate of drug-likeness (QED) is 0.232. The van der Waals surface area contributed by atoms with E-state index in [2.05, 4.69) is 21.3 Å². The smallest absolute Gasteiger partial charge is 0.407 e. The molecular formula is C30H39ClN4O5. The Balaban J connectivity index is 1.33. The maximum atomic E-state index is 12.7. The number of hydrogen-bond donors (Lipinski definition) is 3. The number of aromatic amines is 1. The van der Waals surface area contributed by atoms with Crippen molar-refractivity contribution in [2.75, 3.05) is 39.1 Å². The molecule has 0 bridgehead atoms. The third-order valence-corrected chi connectivity index (χ3v) is 7.36. The number of nitrogens with zero attached hydrogens (tertiary/aromatic N) is 1. The molecule has 1 atom stereocenters. The number of amides is 1. The Kier molecular flexibility index (Phi) is 9.48. The number of nitrogens with one attached hydrogen (secondary N) is 2. The third kappa shape index (κ3) is 7.82. The van der Waals surface area contributed by atoms with Crippen LogP contribution >= 0.6 is 11.6 Å². The second-order valence-electron chi connectivity index (χ2n) is 11.3. The van der Waals surface area contributed by atoms with Gasteiger partial charge in [0.2, 0.25) is 0 Å². The Labute approximate surface area is 240 Å². The molecule has 9 nitrogen and oxygen atoms in total. The fourth-order valence-corrected chi connectivity index (χ4v) is 5.18. The number of piperidine rings is 1. The Morgan fingerprint density at radius 3 is 2.62 bits per heavy atom. The summed E-state index contributed by atoms with van der Waals surface area (Å²) in [6, 6.07) is 11.0. The number of fused-ring (bicyclic) bond motifs is 1. The number of alkyl carbamates (subject to hydrolysis) is 1. The first-order chi connectivity index (χ1) is 19.0. The average Bonchev–Trinajstić information content (AvgIpc) is 3.31. The van der Waals surface area contributed by atoms with E-state index in [1.807, 2.05) is 45.2 Å². The molecule has 2 aromatic carbocycles. The molecule has 1 amide bonds. The maximum Gasteiger partial charge on any atom is 0.407 e. The molecule has 1 aliphatic heterocycles. The summed E-state index contributed by atoms with van der Waals surface area (Å²) >= 11 is 6.10. The van der Waals surface area contributed by atoms with Crippen LogP contribution in [0.5, 0.6) is 5.75 Å². The number of H-pyrrole nitrogens is 1. The maximum absolute atomic E-state index is 12.7. The zero-order valence-corrected chi connectivity index (χ0v) is 24.3. The van der Waals surface area contributed by atoms with Crippen LogP contribution in [0.15, 0.2) is 42.6 Å². The van der Waals surface area contributed by atoms with E-state index in [1.54, 1.807) is 0 Å². The van der Waals surface area contributed by atoms with Gasteiger partial charge in [0.15, 0.2) is 0 Å². The number of hydrogen-bond acceptors (Lipinski definition) is 7. The molecule has 0 spiro atoms. The van der Waals surface area contributed by atoms with Crippen molar-refractivity contribution < 1.29 is 23.8 Å². The van der Waals surface area contributed by atoms with Gasteiger partial charge in [0, 0.05) is 35.8 Å². The normalized spacial score (nSPS) is 15.5. The number of nitrogen functional groups attached to an aromatic ring is 1. The molecule has 10 heteroatoms. The summed E-state index contributed by atoms with van der Waals surface area (Å²) in [6.45, 7) is 8.24. The highest BCUT2D eigenvalue weighted by atomic mass is 35.5. The fraction of sp³-hybridized carbons (Fsp3) is 0.467. The van der Waals surface area contributed by atoms with Crippen molar-refractivity contribution in [2.24, 2.45) is 5.92 Å². The van der Waals surface area contributed by atoms with E-state index in [0.29, 0.717) is 31.0 Å². The highest BCUT2D eigenvalue weighted by molar-refractivity contribution is 6.33. The zero-order valence-electron chi connectivity index (χ0n) is 23.6. The van der Waals surface area contributed by atoms with Gasteiger partial charge in [-0.05, 0) is 76.7 Å². The number of halogens is 1. The van der Waals surface area contributed by atoms with E-state index >= 15 is 0 Å². The lowest BCUT2D eigenvalue weighted by Crippen LogP contribution is -2.48. The zero-order chi connectivity index (χ0) is 28.9. The lowest BCUT2D eigenvalue weighted by Gasteiger charge is -2.34. The summed E-state index contributed by atoms with van der Waals surface area (Å²) in [5.41, 5.74) is 8.06. The van der Waals surface area contributed by atoms with Crippen molar-refractivity contribution in [3.8, 4) is 5.75 Å². The summed E-state index contributed by atoms with van der Waals surface area (Å²) in [4.78, 5) is 31.1. The van der Waals surface area contributed by atoms with Gasteiger partial charge in [0.25, 0.3) is 0 Å². The number of nitrogens with two attached hydrogens (primary N) is 1. The van der Waals surface area contributed by atoms with Gasteiger partial charge in [0.05, 0.1) is 24.4 Å². The van der Waals surface area contributed by atoms with Gasteiger partial charge in [-0.3, -0.25) is 0 Å². The van der Waals surface area contributed by atoms with E-state index in [4.69, 9.17) is 31.5 Å². The Morgan fingerprint density at radius 1 is 1.20 bits per heavy atom. The van der Waals surface area contributed by atoms with Crippen molar-refractivity contribution in [1.82, 2.24) is 15.2 Å². The molecule has 3 aromatic rings. The fourth-order valence-electron chi connectivity index (χ4n) is 5.02. The van der Waals surface area contributed by atoms with Crippen molar-refractivity contribution >= 4 is 40.3 Å². The molecule has 0 aliphatic carbocycles. The van der Waals surface area contributed by atoms with Crippen LogP contribution < -0.4 is 15.8 Å². The molecule has 40 heavy (non-hydrogen) atoms. The van der Waals surface area contributed by atoms with E-state index < -0.39 is 17.7 Å². The number of likely N-dealkylation sites (tertiary alicyclic amines) is 1. The summed E-state index contributed by atoms with van der Waals surface area (Å²) in [5, 5.41) is 4.53. The largest absolute Gasteiger partial charge is 0.496 e. The molecule has 1 fully saturated rings. The van der Waals surface area contributed by atoms with Crippen LogP contribution in [0.25, 0.3) is 10.9 Å². The van der Waals surface area contributed by atoms with Crippen LogP contribution in [0.4, 0.5) is 10.5 Å². The lowest BCUT2D eigenvalue weighted by molar-refractivity contribution is 0.0360. The van der Waals surface area contributed by atoms with E-state index in [1.165, 1.54) is 19.2 Å². The lowest BCUT2D eigenvalue weighted by atomic mass is 9.96. The summed E-state index contributed by atoms with van der Waals surface area (Å²) < 4.78 is 16.4. The Hall–Kier alpha value is -3.43. The van der Waals surface area contributed by atoms with Gasteiger partial charge in [0.1, 0.15) is 16.9 Å². The van der Waals surface area contributed by atoms with Crippen molar-refractivity contribution in [3.05, 3.63) is 58.7 Å². The highest BCUT2D eigenvalue weighted by Gasteiger charge is 2.26. The first-order valence-corrected chi connectivity index (χ1v) is 14.0. The molecule has 4 N–H and O–H groups in total. The van der Waals surface area contributed by atoms with Crippen molar-refractivity contribution in [1.29, 1.82) is 0 Å².